The van der Waals surface area contributed by atoms with Crippen molar-refractivity contribution in [3.63, 3.8) is 0 Å². The maximum absolute atomic E-state index is 10.6. The van der Waals surface area contributed by atoms with E-state index in [0.29, 0.717) is 0 Å². The van der Waals surface area contributed by atoms with E-state index in [2.05, 4.69) is 6.92 Å². The molecule has 72 valence electrons. The number of rotatable bonds is 7. The Morgan fingerprint density at radius 2 is 2.00 bits per heavy atom. The molecular formula is C10H20O2. The van der Waals surface area contributed by atoms with Gasteiger partial charge in [0.05, 0.1) is 6.61 Å². The second-order valence-corrected chi connectivity index (χ2v) is 3.74. The molecule has 0 aromatic carbocycles. The van der Waals surface area contributed by atoms with E-state index in [-0.39, 0.29) is 6.61 Å². The first-order valence-corrected chi connectivity index (χ1v) is 4.75. The van der Waals surface area contributed by atoms with E-state index in [4.69, 9.17) is 5.11 Å². The van der Waals surface area contributed by atoms with E-state index in [9.17, 15) is 4.79 Å². The van der Waals surface area contributed by atoms with Crippen LogP contribution in [0.1, 0.15) is 46.0 Å². The van der Waals surface area contributed by atoms with Gasteiger partial charge in [-0.2, -0.15) is 0 Å². The fourth-order valence-electron chi connectivity index (χ4n) is 1.13. The molecule has 0 aromatic rings. The number of aliphatic hydroxyl groups is 1. The van der Waals surface area contributed by atoms with Crippen LogP contribution in [0, 0.1) is 5.41 Å². The lowest BCUT2D eigenvalue weighted by Gasteiger charge is -2.19. The van der Waals surface area contributed by atoms with E-state index in [0.717, 1.165) is 19.1 Å². The molecule has 0 saturated heterocycles. The molecule has 0 heterocycles. The van der Waals surface area contributed by atoms with Gasteiger partial charge in [-0.15, -0.1) is 0 Å². The third-order valence-corrected chi connectivity index (χ3v) is 2.25. The van der Waals surface area contributed by atoms with Crippen molar-refractivity contribution in [1.82, 2.24) is 0 Å². The zero-order valence-corrected chi connectivity index (χ0v) is 8.18. The lowest BCUT2D eigenvalue weighted by Crippen LogP contribution is -2.22. The van der Waals surface area contributed by atoms with Crippen LogP contribution in [0.2, 0.25) is 0 Å². The summed E-state index contributed by atoms with van der Waals surface area (Å²) >= 11 is 0. The van der Waals surface area contributed by atoms with Crippen LogP contribution in [0.4, 0.5) is 0 Å². The molecule has 1 N–H and O–H groups in total. The van der Waals surface area contributed by atoms with Gasteiger partial charge in [-0.3, -0.25) is 0 Å². The Labute approximate surface area is 75.0 Å². The lowest BCUT2D eigenvalue weighted by atomic mass is 9.87. The minimum Gasteiger partial charge on any atom is -0.395 e. The van der Waals surface area contributed by atoms with Crippen molar-refractivity contribution < 1.29 is 9.90 Å². The molecule has 0 aromatic heterocycles. The van der Waals surface area contributed by atoms with Gasteiger partial charge in [0.2, 0.25) is 0 Å². The van der Waals surface area contributed by atoms with E-state index >= 15 is 0 Å². The second-order valence-electron chi connectivity index (χ2n) is 3.74. The number of carbonyl (C=O) groups excluding carboxylic acids is 1. The number of carbonyl (C=O) groups is 1. The summed E-state index contributed by atoms with van der Waals surface area (Å²) in [5.74, 6) is 0. The topological polar surface area (TPSA) is 37.3 Å². The zero-order chi connectivity index (χ0) is 9.45. The predicted molar refractivity (Wildman–Crippen MR) is 50.0 cm³/mol. The molecule has 0 saturated carbocycles. The highest BCUT2D eigenvalue weighted by molar-refractivity contribution is 5.58. The molecule has 2 heteroatoms. The minimum absolute atomic E-state index is 0.0252. The zero-order valence-electron chi connectivity index (χ0n) is 8.18. The highest BCUT2D eigenvalue weighted by atomic mass is 16.3. The average Bonchev–Trinajstić information content (AvgIpc) is 2.12. The molecule has 0 rings (SSSR count). The van der Waals surface area contributed by atoms with Crippen molar-refractivity contribution >= 4 is 6.29 Å². The first kappa shape index (κ1) is 11.6. The highest BCUT2D eigenvalue weighted by Crippen LogP contribution is 2.21. The van der Waals surface area contributed by atoms with Gasteiger partial charge in [0.1, 0.15) is 6.29 Å². The largest absolute Gasteiger partial charge is 0.395 e. The Bertz CT molecular complexity index is 123. The SMILES string of the molecule is CCCCCCC(C)(C=O)CO. The molecule has 0 aliphatic carbocycles. The number of hydrogen-bond acceptors (Lipinski definition) is 2. The van der Waals surface area contributed by atoms with Crippen molar-refractivity contribution in [2.24, 2.45) is 5.41 Å². The number of hydrogen-bond donors (Lipinski definition) is 1. The molecule has 2 nitrogen and oxygen atoms in total. The first-order chi connectivity index (χ1) is 5.68. The van der Waals surface area contributed by atoms with Crippen LogP contribution in [0.15, 0.2) is 0 Å². The quantitative estimate of drug-likeness (QED) is 0.472. The maximum atomic E-state index is 10.6. The van der Waals surface area contributed by atoms with Crippen molar-refractivity contribution in [2.45, 2.75) is 46.0 Å². The predicted octanol–water partition coefficient (Wildman–Crippen LogP) is 2.15. The number of aldehydes is 1. The third kappa shape index (κ3) is 4.50. The normalized spacial score (nSPS) is 15.6. The molecule has 0 aliphatic heterocycles. The summed E-state index contributed by atoms with van der Waals surface area (Å²) in [7, 11) is 0. The van der Waals surface area contributed by atoms with Crippen LogP contribution in [-0.2, 0) is 4.79 Å². The van der Waals surface area contributed by atoms with Gasteiger partial charge < -0.3 is 9.90 Å². The molecular weight excluding hydrogens is 152 g/mol. The van der Waals surface area contributed by atoms with Gasteiger partial charge >= 0.3 is 0 Å². The summed E-state index contributed by atoms with van der Waals surface area (Å²) in [6, 6.07) is 0. The van der Waals surface area contributed by atoms with Crippen LogP contribution in [-0.4, -0.2) is 18.0 Å². The summed E-state index contributed by atoms with van der Waals surface area (Å²) in [5.41, 5.74) is -0.492. The van der Waals surface area contributed by atoms with Crippen molar-refractivity contribution in [3.8, 4) is 0 Å². The first-order valence-electron chi connectivity index (χ1n) is 4.75. The van der Waals surface area contributed by atoms with E-state index < -0.39 is 5.41 Å². The lowest BCUT2D eigenvalue weighted by molar-refractivity contribution is -0.117. The molecule has 0 bridgehead atoms. The number of aliphatic hydroxyl groups excluding tert-OH is 1. The Kier molecular flexibility index (Phi) is 5.99. The van der Waals surface area contributed by atoms with E-state index in [1.165, 1.54) is 19.3 Å². The molecule has 0 aliphatic rings. The summed E-state index contributed by atoms with van der Waals surface area (Å²) in [5, 5.41) is 8.91. The van der Waals surface area contributed by atoms with Gasteiger partial charge in [-0.25, -0.2) is 0 Å². The van der Waals surface area contributed by atoms with Crippen molar-refractivity contribution in [2.75, 3.05) is 6.61 Å². The van der Waals surface area contributed by atoms with Gasteiger partial charge in [0.25, 0.3) is 0 Å². The van der Waals surface area contributed by atoms with E-state index in [1.807, 2.05) is 6.92 Å². The molecule has 0 radical (unpaired) electrons. The molecule has 1 atom stereocenters. The maximum Gasteiger partial charge on any atom is 0.128 e. The summed E-state index contributed by atoms with van der Waals surface area (Å²) < 4.78 is 0. The summed E-state index contributed by atoms with van der Waals surface area (Å²) in [6.07, 6.45) is 6.33. The van der Waals surface area contributed by atoms with E-state index in [1.54, 1.807) is 0 Å². The van der Waals surface area contributed by atoms with Crippen LogP contribution in [0.25, 0.3) is 0 Å². The molecule has 1 unspecified atom stereocenters. The van der Waals surface area contributed by atoms with Gasteiger partial charge in [-0.1, -0.05) is 39.5 Å². The Morgan fingerprint density at radius 1 is 1.33 bits per heavy atom. The smallest absolute Gasteiger partial charge is 0.128 e. The Balaban J connectivity index is 3.51. The van der Waals surface area contributed by atoms with Crippen LogP contribution in [0.3, 0.4) is 0 Å². The monoisotopic (exact) mass is 172 g/mol. The van der Waals surface area contributed by atoms with Crippen molar-refractivity contribution in [1.29, 1.82) is 0 Å². The van der Waals surface area contributed by atoms with Crippen molar-refractivity contribution in [3.05, 3.63) is 0 Å². The average molecular weight is 172 g/mol. The molecule has 0 spiro atoms. The second kappa shape index (κ2) is 6.18. The molecule has 0 amide bonds. The van der Waals surface area contributed by atoms with Crippen LogP contribution in [0.5, 0.6) is 0 Å². The van der Waals surface area contributed by atoms with Crippen LogP contribution < -0.4 is 0 Å². The highest BCUT2D eigenvalue weighted by Gasteiger charge is 2.21. The van der Waals surface area contributed by atoms with Gasteiger partial charge in [0, 0.05) is 5.41 Å². The summed E-state index contributed by atoms with van der Waals surface area (Å²) in [4.78, 5) is 10.6. The van der Waals surface area contributed by atoms with Gasteiger partial charge in [0.15, 0.2) is 0 Å². The number of unbranched alkanes of at least 4 members (excludes halogenated alkanes) is 3. The Morgan fingerprint density at radius 3 is 2.42 bits per heavy atom. The fraction of sp³-hybridized carbons (Fsp3) is 0.900. The van der Waals surface area contributed by atoms with Crippen LogP contribution >= 0.6 is 0 Å². The summed E-state index contributed by atoms with van der Waals surface area (Å²) in [6.45, 7) is 3.94. The molecule has 0 fully saturated rings. The minimum atomic E-state index is -0.492. The third-order valence-electron chi connectivity index (χ3n) is 2.25. The molecule has 12 heavy (non-hydrogen) atoms. The fourth-order valence-corrected chi connectivity index (χ4v) is 1.13. The van der Waals surface area contributed by atoms with Gasteiger partial charge in [-0.05, 0) is 6.42 Å². The standard InChI is InChI=1S/C10H20O2/c1-3-4-5-6-7-10(2,8-11)9-12/h8,12H,3-7,9H2,1-2H3. The Hall–Kier alpha value is -0.370.